The molecule has 5 nitrogen and oxygen atoms in total. The average Bonchev–Trinajstić information content (AvgIpc) is 2.41. The van der Waals surface area contributed by atoms with Gasteiger partial charge in [-0.05, 0) is 31.5 Å². The number of ether oxygens (including phenoxy) is 1. The molecule has 0 aliphatic rings. The highest BCUT2D eigenvalue weighted by atomic mass is 16.5. The third kappa shape index (κ3) is 5.09. The molecule has 5 heteroatoms. The van der Waals surface area contributed by atoms with E-state index in [4.69, 9.17) is 10.5 Å². The van der Waals surface area contributed by atoms with E-state index in [9.17, 15) is 4.79 Å². The number of carbonyl (C=O) groups excluding carboxylic acids is 1. The van der Waals surface area contributed by atoms with Crippen LogP contribution in [0.3, 0.4) is 0 Å². The predicted octanol–water partition coefficient (Wildman–Crippen LogP) is 2.25. The zero-order chi connectivity index (χ0) is 15.0. The Morgan fingerprint density at radius 1 is 1.45 bits per heavy atom. The molecule has 1 rings (SSSR count). The van der Waals surface area contributed by atoms with E-state index in [1.165, 1.54) is 0 Å². The minimum atomic E-state index is -0.137. The van der Waals surface area contributed by atoms with Crippen molar-refractivity contribution in [1.82, 2.24) is 5.32 Å². The van der Waals surface area contributed by atoms with Gasteiger partial charge in [-0.15, -0.1) is 0 Å². The van der Waals surface area contributed by atoms with Crippen LogP contribution in [0.15, 0.2) is 18.2 Å². The number of hydrogen-bond donors (Lipinski definition) is 3. The monoisotopic (exact) mass is 279 g/mol. The molecule has 20 heavy (non-hydrogen) atoms. The number of hydrogen-bond acceptors (Lipinski definition) is 4. The van der Waals surface area contributed by atoms with Crippen LogP contribution in [-0.2, 0) is 4.74 Å². The molecule has 0 aliphatic heterocycles. The number of rotatable bonds is 8. The van der Waals surface area contributed by atoms with Gasteiger partial charge in [-0.1, -0.05) is 13.3 Å². The van der Waals surface area contributed by atoms with E-state index >= 15 is 0 Å². The summed E-state index contributed by atoms with van der Waals surface area (Å²) in [7, 11) is 1.60. The molecule has 0 heterocycles. The molecule has 0 aromatic heterocycles. The Labute approximate surface area is 120 Å². The van der Waals surface area contributed by atoms with Crippen molar-refractivity contribution < 1.29 is 9.53 Å². The fourth-order valence-corrected chi connectivity index (χ4v) is 1.97. The standard InChI is InChI=1S/C15H25N3O2/c1-4-5-11(2)18-14-7-6-12(10-13(14)16)15(19)17-8-9-20-3/h6-7,10-11,18H,4-5,8-9,16H2,1-3H3,(H,17,19)/t11-/m0/s1. The van der Waals surface area contributed by atoms with Crippen molar-refractivity contribution in [2.75, 3.05) is 31.3 Å². The summed E-state index contributed by atoms with van der Waals surface area (Å²) >= 11 is 0. The third-order valence-electron chi connectivity index (χ3n) is 3.03. The lowest BCUT2D eigenvalue weighted by atomic mass is 10.1. The summed E-state index contributed by atoms with van der Waals surface area (Å²) in [5.41, 5.74) is 8.02. The van der Waals surface area contributed by atoms with Crippen molar-refractivity contribution in [1.29, 1.82) is 0 Å². The van der Waals surface area contributed by atoms with Crippen molar-refractivity contribution in [2.45, 2.75) is 32.7 Å². The third-order valence-corrected chi connectivity index (χ3v) is 3.03. The maximum absolute atomic E-state index is 11.9. The van der Waals surface area contributed by atoms with E-state index < -0.39 is 0 Å². The summed E-state index contributed by atoms with van der Waals surface area (Å²) in [5.74, 6) is -0.137. The Bertz CT molecular complexity index is 435. The number of nitrogens with one attached hydrogen (secondary N) is 2. The molecule has 1 atom stereocenters. The minimum Gasteiger partial charge on any atom is -0.397 e. The SMILES string of the molecule is CCC[C@H](C)Nc1ccc(C(=O)NCCOC)cc1N. The van der Waals surface area contributed by atoms with Crippen LogP contribution in [0.25, 0.3) is 0 Å². The minimum absolute atomic E-state index is 0.137. The van der Waals surface area contributed by atoms with E-state index in [1.807, 2.05) is 6.07 Å². The van der Waals surface area contributed by atoms with Gasteiger partial charge < -0.3 is 21.1 Å². The van der Waals surface area contributed by atoms with Crippen molar-refractivity contribution in [2.24, 2.45) is 0 Å². The van der Waals surface area contributed by atoms with Crippen molar-refractivity contribution in [3.8, 4) is 0 Å². The summed E-state index contributed by atoms with van der Waals surface area (Å²) in [4.78, 5) is 11.9. The van der Waals surface area contributed by atoms with E-state index in [0.717, 1.165) is 18.5 Å². The molecule has 0 aliphatic carbocycles. The molecule has 4 N–H and O–H groups in total. The molecule has 112 valence electrons. The first-order valence-corrected chi connectivity index (χ1v) is 7.01. The van der Waals surface area contributed by atoms with Gasteiger partial charge in [0.25, 0.3) is 5.91 Å². The lowest BCUT2D eigenvalue weighted by Gasteiger charge is -2.16. The lowest BCUT2D eigenvalue weighted by molar-refractivity contribution is 0.0937. The van der Waals surface area contributed by atoms with E-state index in [-0.39, 0.29) is 5.91 Å². The molecular weight excluding hydrogens is 254 g/mol. The molecule has 0 spiro atoms. The van der Waals surface area contributed by atoms with Gasteiger partial charge in [-0.3, -0.25) is 4.79 Å². The fourth-order valence-electron chi connectivity index (χ4n) is 1.97. The molecule has 0 fully saturated rings. The van der Waals surface area contributed by atoms with Crippen LogP contribution < -0.4 is 16.4 Å². The number of amides is 1. The molecule has 1 aromatic carbocycles. The van der Waals surface area contributed by atoms with Gasteiger partial charge in [0.1, 0.15) is 0 Å². The summed E-state index contributed by atoms with van der Waals surface area (Å²) in [6, 6.07) is 5.69. The first-order chi connectivity index (χ1) is 9.58. The Morgan fingerprint density at radius 3 is 2.80 bits per heavy atom. The predicted molar refractivity (Wildman–Crippen MR) is 83.1 cm³/mol. The maximum Gasteiger partial charge on any atom is 0.251 e. The zero-order valence-corrected chi connectivity index (χ0v) is 12.5. The van der Waals surface area contributed by atoms with Gasteiger partial charge in [-0.25, -0.2) is 0 Å². The fraction of sp³-hybridized carbons (Fsp3) is 0.533. The molecule has 0 bridgehead atoms. The zero-order valence-electron chi connectivity index (χ0n) is 12.5. The van der Waals surface area contributed by atoms with Crippen LogP contribution in [0.1, 0.15) is 37.0 Å². The normalized spacial score (nSPS) is 11.9. The topological polar surface area (TPSA) is 76.4 Å². The number of methoxy groups -OCH3 is 1. The average molecular weight is 279 g/mol. The smallest absolute Gasteiger partial charge is 0.251 e. The summed E-state index contributed by atoms with van der Waals surface area (Å²) in [5, 5.41) is 6.12. The van der Waals surface area contributed by atoms with Gasteiger partial charge >= 0.3 is 0 Å². The van der Waals surface area contributed by atoms with Crippen LogP contribution in [0.5, 0.6) is 0 Å². The maximum atomic E-state index is 11.9. The lowest BCUT2D eigenvalue weighted by Crippen LogP contribution is -2.27. The van der Waals surface area contributed by atoms with E-state index in [0.29, 0.717) is 30.4 Å². The number of nitrogens with two attached hydrogens (primary N) is 1. The van der Waals surface area contributed by atoms with Gasteiger partial charge in [0, 0.05) is 25.3 Å². The van der Waals surface area contributed by atoms with Gasteiger partial charge in [0.2, 0.25) is 0 Å². The number of carbonyl (C=O) groups is 1. The van der Waals surface area contributed by atoms with E-state index in [1.54, 1.807) is 19.2 Å². The highest BCUT2D eigenvalue weighted by Gasteiger charge is 2.09. The van der Waals surface area contributed by atoms with E-state index in [2.05, 4.69) is 24.5 Å². The van der Waals surface area contributed by atoms with Crippen LogP contribution in [0, 0.1) is 0 Å². The second-order valence-corrected chi connectivity index (χ2v) is 4.88. The van der Waals surface area contributed by atoms with Crippen LogP contribution in [0.2, 0.25) is 0 Å². The molecule has 0 radical (unpaired) electrons. The largest absolute Gasteiger partial charge is 0.397 e. The summed E-state index contributed by atoms with van der Waals surface area (Å²) in [6.07, 6.45) is 2.20. The molecule has 1 aromatic rings. The highest BCUT2D eigenvalue weighted by Crippen LogP contribution is 2.21. The van der Waals surface area contributed by atoms with Crippen LogP contribution in [-0.4, -0.2) is 32.2 Å². The van der Waals surface area contributed by atoms with Crippen molar-refractivity contribution >= 4 is 17.3 Å². The Hall–Kier alpha value is -1.75. The Balaban J connectivity index is 2.65. The second kappa shape index (κ2) is 8.43. The molecule has 0 saturated heterocycles. The van der Waals surface area contributed by atoms with Crippen LogP contribution in [0.4, 0.5) is 11.4 Å². The van der Waals surface area contributed by atoms with Crippen molar-refractivity contribution in [3.63, 3.8) is 0 Å². The molecular formula is C15H25N3O2. The van der Waals surface area contributed by atoms with Gasteiger partial charge in [0.15, 0.2) is 0 Å². The number of anilines is 2. The highest BCUT2D eigenvalue weighted by molar-refractivity contribution is 5.96. The molecule has 0 saturated carbocycles. The van der Waals surface area contributed by atoms with Crippen molar-refractivity contribution in [3.05, 3.63) is 23.8 Å². The summed E-state index contributed by atoms with van der Waals surface area (Å²) < 4.78 is 4.89. The van der Waals surface area contributed by atoms with Gasteiger partial charge in [-0.2, -0.15) is 0 Å². The quantitative estimate of drug-likeness (QED) is 0.504. The number of nitrogen functional groups attached to an aromatic ring is 1. The summed E-state index contributed by atoms with van der Waals surface area (Å²) in [6.45, 7) is 5.25. The molecule has 0 unspecified atom stereocenters. The Morgan fingerprint density at radius 2 is 2.20 bits per heavy atom. The first kappa shape index (κ1) is 16.3. The van der Waals surface area contributed by atoms with Gasteiger partial charge in [0.05, 0.1) is 18.0 Å². The number of benzene rings is 1. The molecule has 1 amide bonds. The second-order valence-electron chi connectivity index (χ2n) is 4.88. The Kier molecular flexibility index (Phi) is 6.87. The van der Waals surface area contributed by atoms with Crippen LogP contribution >= 0.6 is 0 Å². The first-order valence-electron chi connectivity index (χ1n) is 7.01.